The highest BCUT2D eigenvalue weighted by Gasteiger charge is 2.38. The zero-order chi connectivity index (χ0) is 24.6. The maximum absolute atomic E-state index is 11.9. The number of fused-ring (bicyclic) bond motifs is 1. The number of halogens is 3. The average Bonchev–Trinajstić information content (AvgIpc) is 3.22. The summed E-state index contributed by atoms with van der Waals surface area (Å²) in [6.07, 6.45) is -4.03. The highest BCUT2D eigenvalue weighted by molar-refractivity contribution is 7.14. The number of anilines is 2. The largest absolute Gasteiger partial charge is 0.490 e. The molecule has 12 heteroatoms. The topological polar surface area (TPSA) is 109 Å². The van der Waals surface area contributed by atoms with E-state index >= 15 is 0 Å². The minimum absolute atomic E-state index is 0.0166. The summed E-state index contributed by atoms with van der Waals surface area (Å²) in [4.78, 5) is 29.5. The molecule has 0 saturated carbocycles. The number of carboxylic acids is 1. The summed E-state index contributed by atoms with van der Waals surface area (Å²) < 4.78 is 36.8. The van der Waals surface area contributed by atoms with Crippen molar-refractivity contribution in [3.63, 3.8) is 0 Å². The predicted molar refractivity (Wildman–Crippen MR) is 120 cm³/mol. The van der Waals surface area contributed by atoms with Gasteiger partial charge >= 0.3 is 12.1 Å². The van der Waals surface area contributed by atoms with Gasteiger partial charge in [0.2, 0.25) is 5.91 Å². The minimum Gasteiger partial charge on any atom is -0.475 e. The van der Waals surface area contributed by atoms with Gasteiger partial charge < -0.3 is 20.5 Å². The Morgan fingerprint density at radius 1 is 1.36 bits per heavy atom. The van der Waals surface area contributed by atoms with E-state index < -0.39 is 12.1 Å². The van der Waals surface area contributed by atoms with Gasteiger partial charge in [-0.25, -0.2) is 9.78 Å². The molecule has 0 saturated heterocycles. The van der Waals surface area contributed by atoms with Crippen LogP contribution in [-0.2, 0) is 20.9 Å². The molecule has 182 valence electrons. The number of carboxylic acid groups (broad SMARTS) is 1. The minimum atomic E-state index is -5.08. The molecule has 3 rings (SSSR count). The molecule has 1 amide bonds. The molecule has 3 N–H and O–H groups in total. The van der Waals surface area contributed by atoms with Gasteiger partial charge in [-0.15, -0.1) is 11.3 Å². The third kappa shape index (κ3) is 7.41. The molecule has 1 aliphatic heterocycles. The highest BCUT2D eigenvalue weighted by atomic mass is 32.1. The van der Waals surface area contributed by atoms with Crippen LogP contribution < -0.4 is 15.5 Å². The second-order valence-corrected chi connectivity index (χ2v) is 8.13. The molecule has 1 unspecified atom stereocenters. The Morgan fingerprint density at radius 2 is 2.03 bits per heavy atom. The van der Waals surface area contributed by atoms with Gasteiger partial charge in [-0.3, -0.25) is 9.69 Å². The van der Waals surface area contributed by atoms with Crippen molar-refractivity contribution >= 4 is 34.0 Å². The number of nitrogens with two attached hydrogens (primary N) is 1. The lowest BCUT2D eigenvalue weighted by Gasteiger charge is -2.35. The summed E-state index contributed by atoms with van der Waals surface area (Å²) in [6.45, 7) is 4.95. The van der Waals surface area contributed by atoms with Gasteiger partial charge in [0, 0.05) is 31.6 Å². The Morgan fingerprint density at radius 3 is 2.61 bits per heavy atom. The lowest BCUT2D eigenvalue weighted by Crippen LogP contribution is -2.33. The summed E-state index contributed by atoms with van der Waals surface area (Å²) >= 11 is 1.50. The number of thiazole rings is 1. The van der Waals surface area contributed by atoms with Crippen LogP contribution in [0.2, 0.25) is 0 Å². The molecule has 2 aromatic rings. The number of hydrogen-bond donors (Lipinski definition) is 2. The molecule has 0 bridgehead atoms. The van der Waals surface area contributed by atoms with Gasteiger partial charge in [0.15, 0.2) is 5.13 Å². The van der Waals surface area contributed by atoms with E-state index in [1.807, 2.05) is 5.38 Å². The fourth-order valence-electron chi connectivity index (χ4n) is 3.38. The standard InChI is InChI=1S/C19H26N4O2S.C2HF3O2/c1-14(24)23(9-10-25-2)19-21-16(13-26-19)12-22-8-7-15(11-20)17-5-3-4-6-18(17)22;3-2(4,5)1(6)7/h3-6,13,15H,7-12,20H2,1-2H3;(H,6,7). The van der Waals surface area contributed by atoms with E-state index in [2.05, 4.69) is 29.2 Å². The van der Waals surface area contributed by atoms with E-state index in [-0.39, 0.29) is 5.91 Å². The number of carbonyl (C=O) groups excluding carboxylic acids is 1. The molecule has 1 atom stereocenters. The lowest BCUT2D eigenvalue weighted by atomic mass is 9.90. The first-order valence-electron chi connectivity index (χ1n) is 10.1. The van der Waals surface area contributed by atoms with E-state index in [1.165, 1.54) is 22.6 Å². The molecule has 0 fully saturated rings. The number of methoxy groups -OCH3 is 1. The Hall–Kier alpha value is -2.70. The first-order chi connectivity index (χ1) is 15.6. The number of nitrogens with zero attached hydrogens (tertiary/aromatic N) is 3. The number of rotatable bonds is 7. The number of carbonyl (C=O) groups is 2. The van der Waals surface area contributed by atoms with Gasteiger partial charge in [-0.2, -0.15) is 13.2 Å². The molecule has 0 aliphatic carbocycles. The van der Waals surface area contributed by atoms with Crippen LogP contribution in [0.5, 0.6) is 0 Å². The fourth-order valence-corrected chi connectivity index (χ4v) is 4.26. The van der Waals surface area contributed by atoms with Gasteiger partial charge in [0.05, 0.1) is 25.4 Å². The Kier molecular flexibility index (Phi) is 9.62. The quantitative estimate of drug-likeness (QED) is 0.616. The lowest BCUT2D eigenvalue weighted by molar-refractivity contribution is -0.192. The molecular weight excluding hydrogens is 461 g/mol. The summed E-state index contributed by atoms with van der Waals surface area (Å²) in [5, 5.41) is 9.89. The van der Waals surface area contributed by atoms with Crippen molar-refractivity contribution in [3.05, 3.63) is 40.9 Å². The number of amides is 1. The molecule has 33 heavy (non-hydrogen) atoms. The van der Waals surface area contributed by atoms with Crippen LogP contribution in [0.3, 0.4) is 0 Å². The second kappa shape index (κ2) is 12.0. The maximum Gasteiger partial charge on any atom is 0.490 e. The molecule has 0 radical (unpaired) electrons. The van der Waals surface area contributed by atoms with Crippen LogP contribution in [0.15, 0.2) is 29.6 Å². The van der Waals surface area contributed by atoms with Crippen molar-refractivity contribution in [2.24, 2.45) is 5.73 Å². The predicted octanol–water partition coefficient (Wildman–Crippen LogP) is 3.23. The fraction of sp³-hybridized carbons (Fsp3) is 0.476. The Labute approximate surface area is 193 Å². The van der Waals surface area contributed by atoms with Crippen molar-refractivity contribution in [1.82, 2.24) is 4.98 Å². The van der Waals surface area contributed by atoms with Crippen LogP contribution in [0, 0.1) is 0 Å². The van der Waals surface area contributed by atoms with Gasteiger partial charge in [-0.05, 0) is 30.5 Å². The van der Waals surface area contributed by atoms with E-state index in [0.717, 1.165) is 30.3 Å². The van der Waals surface area contributed by atoms with E-state index in [1.54, 1.807) is 18.9 Å². The summed E-state index contributed by atoms with van der Waals surface area (Å²) in [5.41, 5.74) is 9.49. The van der Waals surface area contributed by atoms with Crippen LogP contribution in [-0.4, -0.2) is 61.5 Å². The number of para-hydroxylation sites is 1. The first kappa shape index (κ1) is 26.6. The number of hydrogen-bond acceptors (Lipinski definition) is 7. The molecule has 2 heterocycles. The van der Waals surface area contributed by atoms with Crippen molar-refractivity contribution in [2.75, 3.05) is 43.2 Å². The van der Waals surface area contributed by atoms with Crippen LogP contribution in [0.1, 0.15) is 30.5 Å². The average molecular weight is 489 g/mol. The smallest absolute Gasteiger partial charge is 0.475 e. The molecule has 1 aromatic heterocycles. The third-order valence-electron chi connectivity index (χ3n) is 5.01. The molecule has 1 aromatic carbocycles. The van der Waals surface area contributed by atoms with Gasteiger partial charge in [0.1, 0.15) is 0 Å². The Balaban J connectivity index is 0.000000479. The van der Waals surface area contributed by atoms with Crippen molar-refractivity contribution in [3.8, 4) is 0 Å². The van der Waals surface area contributed by atoms with Gasteiger partial charge in [0.25, 0.3) is 0 Å². The van der Waals surface area contributed by atoms with E-state index in [0.29, 0.717) is 25.6 Å². The van der Waals surface area contributed by atoms with Crippen molar-refractivity contribution < 1.29 is 32.6 Å². The number of benzene rings is 1. The van der Waals surface area contributed by atoms with E-state index in [9.17, 15) is 18.0 Å². The number of aliphatic carboxylic acids is 1. The van der Waals surface area contributed by atoms with Crippen molar-refractivity contribution in [1.29, 1.82) is 0 Å². The number of alkyl halides is 3. The number of aromatic nitrogens is 1. The summed E-state index contributed by atoms with van der Waals surface area (Å²) in [5.74, 6) is -2.35. The molecule has 0 spiro atoms. The van der Waals surface area contributed by atoms with Crippen molar-refractivity contribution in [2.45, 2.75) is 32.0 Å². The monoisotopic (exact) mass is 488 g/mol. The zero-order valence-electron chi connectivity index (χ0n) is 18.3. The zero-order valence-corrected chi connectivity index (χ0v) is 19.2. The summed E-state index contributed by atoms with van der Waals surface area (Å²) in [7, 11) is 1.63. The molecular formula is C21H27F3N4O4S. The number of ether oxygens (including phenoxy) is 1. The maximum atomic E-state index is 11.9. The molecule has 1 aliphatic rings. The van der Waals surface area contributed by atoms with Crippen LogP contribution >= 0.6 is 11.3 Å². The van der Waals surface area contributed by atoms with E-state index in [4.69, 9.17) is 25.4 Å². The van der Waals surface area contributed by atoms with Crippen LogP contribution in [0.4, 0.5) is 24.0 Å². The van der Waals surface area contributed by atoms with Crippen LogP contribution in [0.25, 0.3) is 0 Å². The normalized spacial score (nSPS) is 15.3. The third-order valence-corrected chi connectivity index (χ3v) is 5.93. The molecule has 8 nitrogen and oxygen atoms in total. The SMILES string of the molecule is COCCN(C(C)=O)c1nc(CN2CCC(CN)c3ccccc32)cs1.O=C(O)C(F)(F)F. The second-order valence-electron chi connectivity index (χ2n) is 7.29. The summed E-state index contributed by atoms with van der Waals surface area (Å²) in [6, 6.07) is 8.48. The Bertz CT molecular complexity index is 938. The first-order valence-corrected chi connectivity index (χ1v) is 11.0. The highest BCUT2D eigenvalue weighted by Crippen LogP contribution is 2.35. The van der Waals surface area contributed by atoms with Gasteiger partial charge in [-0.1, -0.05) is 18.2 Å².